The Labute approximate surface area is 361 Å². The minimum Gasteiger partial charge on any atom is -0.426 e. The van der Waals surface area contributed by atoms with Gasteiger partial charge in [-0.15, -0.1) is 0 Å². The van der Waals surface area contributed by atoms with E-state index in [9.17, 15) is 4.79 Å². The first-order valence-corrected chi connectivity index (χ1v) is 21.0. The van der Waals surface area contributed by atoms with Crippen LogP contribution in [0.5, 0.6) is 5.75 Å². The molecule has 0 amide bonds. The Bertz CT molecular complexity index is 3180. The lowest BCUT2D eigenvalue weighted by Gasteiger charge is -2.12. The van der Waals surface area contributed by atoms with Gasteiger partial charge in [0.05, 0.1) is 28.7 Å². The fraction of sp³-hybridized carbons (Fsp3) is 0.0893. The number of fused-ring (bicyclic) bond motifs is 8. The summed E-state index contributed by atoms with van der Waals surface area (Å²) >= 11 is 0. The van der Waals surface area contributed by atoms with Gasteiger partial charge in [0.1, 0.15) is 5.75 Å². The zero-order chi connectivity index (χ0) is 42.3. The molecule has 300 valence electrons. The molecule has 3 aromatic heterocycles. The molecule has 0 unspecified atom stereocenters. The highest BCUT2D eigenvalue weighted by Gasteiger charge is 2.21. The average molecular weight is 805 g/mol. The Morgan fingerprint density at radius 1 is 0.435 bits per heavy atom. The third kappa shape index (κ3) is 7.37. The van der Waals surface area contributed by atoms with Gasteiger partial charge in [0.25, 0.3) is 0 Å². The normalized spacial score (nSPS) is 12.4. The van der Waals surface area contributed by atoms with Crippen molar-refractivity contribution < 1.29 is 9.53 Å². The minimum atomic E-state index is -0.406. The van der Waals surface area contributed by atoms with Crippen LogP contribution in [0.25, 0.3) is 90.9 Å². The molecule has 8 aromatic rings. The molecule has 6 heteroatoms. The second-order valence-electron chi connectivity index (χ2n) is 16.2. The summed E-state index contributed by atoms with van der Waals surface area (Å²) in [5, 5.41) is 0. The van der Waals surface area contributed by atoms with Crippen molar-refractivity contribution in [2.24, 2.45) is 0 Å². The molecule has 2 aliphatic heterocycles. The molecule has 5 heterocycles. The molecular weight excluding hydrogens is 761 g/mol. The van der Waals surface area contributed by atoms with E-state index in [0.717, 1.165) is 94.9 Å². The number of aryl methyl sites for hydroxylation is 3. The fourth-order valence-corrected chi connectivity index (χ4v) is 8.35. The monoisotopic (exact) mass is 804 g/mol. The second-order valence-corrected chi connectivity index (χ2v) is 16.2. The van der Waals surface area contributed by atoms with Crippen molar-refractivity contribution in [3.8, 4) is 50.3 Å². The summed E-state index contributed by atoms with van der Waals surface area (Å²) in [4.78, 5) is 31.8. The number of ether oxygens (including phenoxy) is 1. The molecule has 0 radical (unpaired) electrons. The van der Waals surface area contributed by atoms with Gasteiger partial charge in [-0.25, -0.2) is 9.97 Å². The molecule has 2 N–H and O–H groups in total. The van der Waals surface area contributed by atoms with Crippen LogP contribution in [0.4, 0.5) is 0 Å². The Kier molecular flexibility index (Phi) is 9.89. The summed E-state index contributed by atoms with van der Waals surface area (Å²) in [5.41, 5.74) is 19.6. The van der Waals surface area contributed by atoms with Crippen molar-refractivity contribution >= 4 is 52.3 Å². The summed E-state index contributed by atoms with van der Waals surface area (Å²) in [6.45, 7) is 8.19. The van der Waals surface area contributed by atoms with Crippen LogP contribution in [0, 0.1) is 20.8 Å². The lowest BCUT2D eigenvalue weighted by molar-refractivity contribution is -0.135. The van der Waals surface area contributed by atoms with E-state index in [1.54, 1.807) is 0 Å². The van der Waals surface area contributed by atoms with E-state index in [4.69, 9.17) is 14.7 Å². The number of H-pyrrole nitrogens is 2. The third-order valence-electron chi connectivity index (χ3n) is 11.8. The van der Waals surface area contributed by atoms with Crippen molar-refractivity contribution in [1.29, 1.82) is 0 Å². The maximum Gasteiger partial charge on any atom is 0.318 e. The van der Waals surface area contributed by atoms with Crippen molar-refractivity contribution in [2.45, 2.75) is 33.6 Å². The topological polar surface area (TPSA) is 83.7 Å². The van der Waals surface area contributed by atoms with Crippen molar-refractivity contribution in [3.63, 3.8) is 0 Å². The molecular formula is C56H44N4O2. The Morgan fingerprint density at radius 3 is 1.10 bits per heavy atom. The molecule has 6 nitrogen and oxygen atoms in total. The smallest absolute Gasteiger partial charge is 0.318 e. The Hall–Kier alpha value is -7.83. The van der Waals surface area contributed by atoms with Crippen LogP contribution < -0.4 is 4.74 Å². The highest BCUT2D eigenvalue weighted by molar-refractivity contribution is 6.00. The van der Waals surface area contributed by atoms with Gasteiger partial charge in [-0.1, -0.05) is 132 Å². The van der Waals surface area contributed by atoms with Crippen molar-refractivity contribution in [2.75, 3.05) is 0 Å². The van der Waals surface area contributed by atoms with Crippen LogP contribution in [-0.2, 0) is 4.79 Å². The number of hydrogen-bond acceptors (Lipinski definition) is 4. The van der Waals surface area contributed by atoms with E-state index in [1.807, 2.05) is 61.5 Å². The van der Waals surface area contributed by atoms with Crippen LogP contribution in [0.1, 0.15) is 57.9 Å². The predicted molar refractivity (Wildman–Crippen MR) is 255 cm³/mol. The lowest BCUT2D eigenvalue weighted by Crippen LogP contribution is -2.16. The van der Waals surface area contributed by atoms with Gasteiger partial charge in [-0.3, -0.25) is 4.79 Å². The minimum absolute atomic E-state index is 0.309. The van der Waals surface area contributed by atoms with E-state index in [0.29, 0.717) is 5.75 Å². The van der Waals surface area contributed by atoms with Gasteiger partial charge in [0.15, 0.2) is 0 Å². The first kappa shape index (κ1) is 38.4. The van der Waals surface area contributed by atoms with Crippen LogP contribution in [-0.4, -0.2) is 25.9 Å². The highest BCUT2D eigenvalue weighted by Crippen LogP contribution is 2.39. The SMILES string of the molecule is Cc1ccc(-c2c3nc(c(-c4ccc(C)cc4)c4ccc([nH]4)c(-c4ccc(OC(=O)[C@H](C)c5ccccc5)cc4)c4nc(c(-c5ccc(C)cc5)c5ccc2[nH]5)C=C4)C=C3)cc1. The largest absolute Gasteiger partial charge is 0.426 e. The maximum atomic E-state index is 13.2. The number of hydrogen-bond donors (Lipinski definition) is 2. The number of rotatable bonds is 7. The van der Waals surface area contributed by atoms with Gasteiger partial charge in [-0.2, -0.15) is 0 Å². The number of nitrogens with one attached hydrogen (secondary N) is 2. The van der Waals surface area contributed by atoms with Gasteiger partial charge in [0.2, 0.25) is 0 Å². The van der Waals surface area contributed by atoms with E-state index in [-0.39, 0.29) is 5.97 Å². The van der Waals surface area contributed by atoms with Crippen molar-refractivity contribution in [1.82, 2.24) is 19.9 Å². The Balaban J connectivity index is 1.24. The van der Waals surface area contributed by atoms with E-state index in [2.05, 4.69) is 152 Å². The van der Waals surface area contributed by atoms with Crippen molar-refractivity contribution in [3.05, 3.63) is 197 Å². The molecule has 1 atom stereocenters. The standard InChI is InChI=1S/C56H44N4O2/c1-34-10-16-39(17-11-34)52-44-26-28-46(57-44)53(40-18-12-35(2)13-19-40)48-30-32-50(59-48)55(42-22-24-43(25-23-42)62-56(61)37(4)38-8-6-5-7-9-38)51-33-31-49(60-51)54(47-29-27-45(52)58-47)41-20-14-36(3)15-21-41/h5-33,37,57,60H,1-4H3/t37-/m1/s1. The average Bonchev–Trinajstić information content (AvgIpc) is 4.14. The molecule has 62 heavy (non-hydrogen) atoms. The predicted octanol–water partition coefficient (Wildman–Crippen LogP) is 14.0. The van der Waals surface area contributed by atoms with Gasteiger partial charge >= 0.3 is 5.97 Å². The van der Waals surface area contributed by atoms with Gasteiger partial charge in [0, 0.05) is 44.3 Å². The fourth-order valence-electron chi connectivity index (χ4n) is 8.35. The summed E-state index contributed by atoms with van der Waals surface area (Å²) in [5.74, 6) is -0.237. The molecule has 8 bridgehead atoms. The quantitative estimate of drug-likeness (QED) is 0.124. The summed E-state index contributed by atoms with van der Waals surface area (Å²) < 4.78 is 5.91. The number of carbonyl (C=O) groups excluding carboxylic acids is 1. The van der Waals surface area contributed by atoms with E-state index >= 15 is 0 Å². The van der Waals surface area contributed by atoms with Crippen LogP contribution in [0.15, 0.2) is 152 Å². The number of esters is 1. The molecule has 5 aromatic carbocycles. The zero-order valence-corrected chi connectivity index (χ0v) is 35.0. The molecule has 0 fully saturated rings. The Morgan fingerprint density at radius 2 is 0.758 bits per heavy atom. The van der Waals surface area contributed by atoms with E-state index < -0.39 is 5.92 Å². The first-order valence-electron chi connectivity index (χ1n) is 21.0. The van der Waals surface area contributed by atoms with Crippen LogP contribution >= 0.6 is 0 Å². The maximum absolute atomic E-state index is 13.2. The molecule has 10 rings (SSSR count). The molecule has 0 aliphatic carbocycles. The first-order chi connectivity index (χ1) is 30.3. The third-order valence-corrected chi connectivity index (χ3v) is 11.8. The number of carbonyl (C=O) groups is 1. The summed E-state index contributed by atoms with van der Waals surface area (Å²) in [6, 6.07) is 51.8. The number of aromatic amines is 2. The van der Waals surface area contributed by atoms with Crippen LogP contribution in [0.3, 0.4) is 0 Å². The summed E-state index contributed by atoms with van der Waals surface area (Å²) in [6.07, 6.45) is 8.45. The summed E-state index contributed by atoms with van der Waals surface area (Å²) in [7, 11) is 0. The molecule has 2 aliphatic rings. The number of benzene rings is 5. The number of aromatic nitrogens is 4. The highest BCUT2D eigenvalue weighted by atomic mass is 16.5. The van der Waals surface area contributed by atoms with Gasteiger partial charge < -0.3 is 14.7 Å². The zero-order valence-electron chi connectivity index (χ0n) is 35.0. The van der Waals surface area contributed by atoms with Crippen LogP contribution in [0.2, 0.25) is 0 Å². The lowest BCUT2D eigenvalue weighted by atomic mass is 10.0. The second kappa shape index (κ2) is 16.0. The molecule has 0 saturated carbocycles. The number of nitrogens with zero attached hydrogens (tertiary/aromatic N) is 2. The molecule has 0 saturated heterocycles. The molecule has 0 spiro atoms. The van der Waals surface area contributed by atoms with E-state index in [1.165, 1.54) is 16.7 Å². The van der Waals surface area contributed by atoms with Gasteiger partial charge in [-0.05, 0) is 116 Å².